The summed E-state index contributed by atoms with van der Waals surface area (Å²) in [6.07, 6.45) is 1.26. The number of rotatable bonds is 6. The number of nitrogens with two attached hydrogens (primary N) is 1. The Bertz CT molecular complexity index is 1050. The normalized spacial score (nSPS) is 17.1. The molecule has 1 fully saturated rings. The number of aromatic nitrogens is 2. The van der Waals surface area contributed by atoms with Crippen molar-refractivity contribution in [3.8, 4) is 0 Å². The number of fused-ring (bicyclic) bond motifs is 1. The van der Waals surface area contributed by atoms with E-state index in [0.717, 1.165) is 31.6 Å². The zero-order valence-electron chi connectivity index (χ0n) is 18.6. The number of hydrogen-bond acceptors (Lipinski definition) is 5. The minimum absolute atomic E-state index is 0.232. The van der Waals surface area contributed by atoms with Crippen molar-refractivity contribution in [2.45, 2.75) is 43.5 Å². The lowest BCUT2D eigenvalue weighted by Crippen LogP contribution is -2.46. The number of benzene rings is 1. The molecule has 0 unspecified atom stereocenters. The largest absolute Gasteiger partial charge is 0.490 e. The van der Waals surface area contributed by atoms with Crippen LogP contribution >= 0.6 is 0 Å². The van der Waals surface area contributed by atoms with Gasteiger partial charge in [0.05, 0.1) is 6.10 Å². The third kappa shape index (κ3) is 7.02. The number of alkyl halides is 3. The molecule has 34 heavy (non-hydrogen) atoms. The van der Waals surface area contributed by atoms with Crippen LogP contribution in [0, 0.1) is 0 Å². The van der Waals surface area contributed by atoms with Crippen molar-refractivity contribution >= 4 is 17.0 Å². The third-order valence-electron chi connectivity index (χ3n) is 6.01. The minimum atomic E-state index is -5.08. The highest BCUT2D eigenvalue weighted by atomic mass is 19.4. The van der Waals surface area contributed by atoms with E-state index in [-0.39, 0.29) is 6.04 Å². The summed E-state index contributed by atoms with van der Waals surface area (Å²) in [5.41, 5.74) is 9.77. The third-order valence-corrected chi connectivity index (χ3v) is 6.01. The van der Waals surface area contributed by atoms with Gasteiger partial charge < -0.3 is 25.8 Å². The van der Waals surface area contributed by atoms with E-state index in [4.69, 9.17) is 15.6 Å². The Morgan fingerprint density at radius 1 is 1.18 bits per heavy atom. The summed E-state index contributed by atoms with van der Waals surface area (Å²) >= 11 is 0. The highest BCUT2D eigenvalue weighted by Crippen LogP contribution is 2.32. The molecule has 1 saturated heterocycles. The van der Waals surface area contributed by atoms with Crippen molar-refractivity contribution in [3.63, 3.8) is 0 Å². The molecule has 1 aliphatic heterocycles. The molecule has 10 heteroatoms. The number of aliphatic carboxylic acids is 1. The number of carbonyl (C=O) groups is 1. The number of likely N-dealkylation sites (tertiary alicyclic amines) is 1. The number of nitrogens with one attached hydrogen (secondary N) is 1. The number of pyridine rings is 1. The maximum Gasteiger partial charge on any atom is 0.490 e. The molecule has 0 radical (unpaired) electrons. The molecule has 2 atom stereocenters. The summed E-state index contributed by atoms with van der Waals surface area (Å²) in [5.74, 6) is -2.21. The van der Waals surface area contributed by atoms with E-state index in [0.29, 0.717) is 18.9 Å². The van der Waals surface area contributed by atoms with Crippen LogP contribution in [0.3, 0.4) is 0 Å². The predicted octanol–water partition coefficient (Wildman–Crippen LogP) is 3.31. The predicted molar refractivity (Wildman–Crippen MR) is 122 cm³/mol. The van der Waals surface area contributed by atoms with E-state index in [1.54, 1.807) is 0 Å². The van der Waals surface area contributed by atoms with Gasteiger partial charge in [-0.15, -0.1) is 0 Å². The Morgan fingerprint density at radius 2 is 1.82 bits per heavy atom. The molecule has 0 aliphatic carbocycles. The summed E-state index contributed by atoms with van der Waals surface area (Å²) in [4.78, 5) is 18.9. The molecule has 0 spiro atoms. The maximum absolute atomic E-state index is 10.6. The summed E-state index contributed by atoms with van der Waals surface area (Å²) in [6, 6.07) is 14.1. The number of nitrogens with zero attached hydrogens (tertiary/aromatic N) is 2. The number of hydrogen-bond donors (Lipinski definition) is 4. The van der Waals surface area contributed by atoms with Gasteiger partial charge in [0.15, 0.2) is 0 Å². The second kappa shape index (κ2) is 11.5. The monoisotopic (exact) mass is 478 g/mol. The number of carboxylic acids is 1. The molecule has 0 amide bonds. The van der Waals surface area contributed by atoms with Gasteiger partial charge in [-0.1, -0.05) is 30.3 Å². The first-order valence-electron chi connectivity index (χ1n) is 11.1. The molecule has 5 N–H and O–H groups in total. The number of aliphatic hydroxyl groups excluding tert-OH is 1. The molecule has 0 bridgehead atoms. The first kappa shape index (κ1) is 25.7. The summed E-state index contributed by atoms with van der Waals surface area (Å²) in [7, 11) is 0. The molecule has 2 aromatic heterocycles. The number of carboxylic acid groups (broad SMARTS) is 1. The fourth-order valence-electron chi connectivity index (χ4n) is 4.16. The van der Waals surface area contributed by atoms with Gasteiger partial charge in [-0.2, -0.15) is 13.2 Å². The first-order chi connectivity index (χ1) is 16.1. The second-order valence-corrected chi connectivity index (χ2v) is 8.44. The van der Waals surface area contributed by atoms with Gasteiger partial charge in [-0.3, -0.25) is 0 Å². The Hall–Kier alpha value is -2.95. The van der Waals surface area contributed by atoms with Crippen molar-refractivity contribution < 1.29 is 28.2 Å². The number of aromatic amines is 1. The van der Waals surface area contributed by atoms with Crippen LogP contribution in [0.5, 0.6) is 0 Å². The zero-order chi connectivity index (χ0) is 24.7. The molecule has 7 nitrogen and oxygen atoms in total. The Morgan fingerprint density at radius 3 is 2.44 bits per heavy atom. The van der Waals surface area contributed by atoms with Gasteiger partial charge in [0.1, 0.15) is 5.65 Å². The smallest absolute Gasteiger partial charge is 0.475 e. The highest BCUT2D eigenvalue weighted by molar-refractivity contribution is 5.80. The Balaban J connectivity index is 0.000000406. The summed E-state index contributed by atoms with van der Waals surface area (Å²) in [6.45, 7) is 2.63. The van der Waals surface area contributed by atoms with Gasteiger partial charge in [-0.05, 0) is 61.5 Å². The minimum Gasteiger partial charge on any atom is -0.475 e. The van der Waals surface area contributed by atoms with E-state index in [1.165, 1.54) is 16.5 Å². The van der Waals surface area contributed by atoms with Crippen LogP contribution in [-0.4, -0.2) is 69.0 Å². The fourth-order valence-corrected chi connectivity index (χ4v) is 4.16. The van der Waals surface area contributed by atoms with Gasteiger partial charge in [0.2, 0.25) is 0 Å². The van der Waals surface area contributed by atoms with E-state index >= 15 is 0 Å². The van der Waals surface area contributed by atoms with Gasteiger partial charge in [0, 0.05) is 30.4 Å². The lowest BCUT2D eigenvalue weighted by molar-refractivity contribution is -0.192. The van der Waals surface area contributed by atoms with Crippen molar-refractivity contribution in [2.24, 2.45) is 5.73 Å². The SMILES string of the molecule is N[C@@H](Cc1ccccc1)[C@@H](O)CN1CCC(c2c[nH]c3ncccc23)CC1.O=C(O)C(F)(F)F. The van der Waals surface area contributed by atoms with Crippen LogP contribution in [0.4, 0.5) is 13.2 Å². The van der Waals surface area contributed by atoms with Gasteiger partial charge >= 0.3 is 12.1 Å². The topological polar surface area (TPSA) is 115 Å². The van der Waals surface area contributed by atoms with Crippen molar-refractivity contribution in [3.05, 3.63) is 66.0 Å². The van der Waals surface area contributed by atoms with Crippen LogP contribution in [0.25, 0.3) is 11.0 Å². The molecule has 4 rings (SSSR count). The van der Waals surface area contributed by atoms with E-state index < -0.39 is 18.2 Å². The van der Waals surface area contributed by atoms with Gasteiger partial charge in [-0.25, -0.2) is 9.78 Å². The summed E-state index contributed by atoms with van der Waals surface area (Å²) < 4.78 is 31.7. The first-order valence-corrected chi connectivity index (χ1v) is 11.1. The lowest BCUT2D eigenvalue weighted by Gasteiger charge is -2.34. The van der Waals surface area contributed by atoms with Crippen molar-refractivity contribution in [1.29, 1.82) is 0 Å². The van der Waals surface area contributed by atoms with E-state index in [9.17, 15) is 18.3 Å². The molecule has 184 valence electrons. The molecule has 0 saturated carbocycles. The van der Waals surface area contributed by atoms with Crippen LogP contribution in [0.2, 0.25) is 0 Å². The van der Waals surface area contributed by atoms with Crippen LogP contribution < -0.4 is 5.73 Å². The molecule has 1 aromatic carbocycles. The highest BCUT2D eigenvalue weighted by Gasteiger charge is 2.38. The van der Waals surface area contributed by atoms with Crippen LogP contribution in [0.15, 0.2) is 54.9 Å². The van der Waals surface area contributed by atoms with Gasteiger partial charge in [0.25, 0.3) is 0 Å². The standard InChI is InChI=1S/C22H28N4O.C2HF3O2/c23-20(13-16-5-2-1-3-6-16)21(27)15-26-11-8-17(9-12-26)19-14-25-22-18(19)7-4-10-24-22;3-2(4,5)1(6)7/h1-7,10,14,17,20-21,27H,8-9,11-13,15,23H2,(H,24,25);(H,6,7)/t20-,21-;/m0./s1. The number of halogens is 3. The lowest BCUT2D eigenvalue weighted by atomic mass is 9.89. The van der Waals surface area contributed by atoms with Crippen molar-refractivity contribution in [1.82, 2.24) is 14.9 Å². The molecular formula is C24H29F3N4O3. The molecular weight excluding hydrogens is 449 g/mol. The molecule has 1 aliphatic rings. The average molecular weight is 479 g/mol. The molecule has 3 aromatic rings. The van der Waals surface area contributed by atoms with Crippen LogP contribution in [-0.2, 0) is 11.2 Å². The Labute approximate surface area is 195 Å². The summed E-state index contributed by atoms with van der Waals surface area (Å²) in [5, 5.41) is 18.9. The Kier molecular flexibility index (Phi) is 8.65. The van der Waals surface area contributed by atoms with Crippen molar-refractivity contribution in [2.75, 3.05) is 19.6 Å². The van der Waals surface area contributed by atoms with Crippen LogP contribution in [0.1, 0.15) is 29.9 Å². The maximum atomic E-state index is 10.6. The second-order valence-electron chi connectivity index (χ2n) is 8.44. The number of piperidine rings is 1. The number of H-pyrrole nitrogens is 1. The average Bonchev–Trinajstić information content (AvgIpc) is 3.24. The fraction of sp³-hybridized carbons (Fsp3) is 0.417. The number of β-amino-alcohol motifs (C(OH)–C–C–N with tert-alkyl or cyclic N) is 1. The van der Waals surface area contributed by atoms with E-state index in [2.05, 4.69) is 39.3 Å². The zero-order valence-corrected chi connectivity index (χ0v) is 18.6. The van der Waals surface area contributed by atoms with E-state index in [1.807, 2.05) is 30.5 Å². The molecule has 3 heterocycles. The quantitative estimate of drug-likeness (QED) is 0.432. The number of aliphatic hydroxyl groups is 1.